The second kappa shape index (κ2) is 3.95. The first kappa shape index (κ1) is 9.60. The van der Waals surface area contributed by atoms with Gasteiger partial charge in [0, 0.05) is 25.2 Å². The summed E-state index contributed by atoms with van der Waals surface area (Å²) in [5.41, 5.74) is 2.23. The quantitative estimate of drug-likeness (QED) is 0.463. The van der Waals surface area contributed by atoms with Crippen molar-refractivity contribution in [3.05, 3.63) is 17.8 Å². The highest BCUT2D eigenvalue weighted by Gasteiger charge is 2.07. The lowest BCUT2D eigenvalue weighted by atomic mass is 10.2. The zero-order valence-electron chi connectivity index (χ0n) is 7.32. The highest BCUT2D eigenvalue weighted by Crippen LogP contribution is 2.18. The lowest BCUT2D eigenvalue weighted by molar-refractivity contribution is -0.129. The molecule has 1 aromatic heterocycles. The average Bonchev–Trinajstić information content (AvgIpc) is 2.44. The van der Waals surface area contributed by atoms with Gasteiger partial charge in [-0.1, -0.05) is 0 Å². The summed E-state index contributed by atoms with van der Waals surface area (Å²) in [5.74, 6) is -0.297. The first-order valence-electron chi connectivity index (χ1n) is 3.91. The summed E-state index contributed by atoms with van der Waals surface area (Å²) in [4.78, 5) is 10.7. The molecule has 1 amide bonds. The number of carbonyl (C=O) groups excluding carboxylic acids is 1. The third kappa shape index (κ3) is 2.22. The van der Waals surface area contributed by atoms with Gasteiger partial charge in [0.25, 0.3) is 0 Å². The van der Waals surface area contributed by atoms with Crippen molar-refractivity contribution in [3.8, 4) is 5.88 Å². The number of nitrogens with zero attached hydrogens (tertiary/aromatic N) is 1. The summed E-state index contributed by atoms with van der Waals surface area (Å²) in [6.45, 7) is 0. The number of rotatable bonds is 3. The molecule has 1 rings (SSSR count). The van der Waals surface area contributed by atoms with Gasteiger partial charge in [-0.05, 0) is 12.5 Å². The molecule has 0 fully saturated rings. The predicted octanol–water partition coefficient (Wildman–Crippen LogP) is 0.169. The summed E-state index contributed by atoms with van der Waals surface area (Å²) < 4.78 is 1.56. The molecule has 0 radical (unpaired) electrons. The van der Waals surface area contributed by atoms with Crippen LogP contribution in [-0.2, 0) is 18.3 Å². The lowest BCUT2D eigenvalue weighted by Gasteiger charge is -1.99. The highest BCUT2D eigenvalue weighted by atomic mass is 16.5. The molecule has 0 aliphatic rings. The van der Waals surface area contributed by atoms with Crippen molar-refractivity contribution in [1.82, 2.24) is 10.0 Å². The van der Waals surface area contributed by atoms with E-state index in [9.17, 15) is 9.90 Å². The minimum Gasteiger partial charge on any atom is -0.494 e. The first-order chi connectivity index (χ1) is 6.15. The van der Waals surface area contributed by atoms with Gasteiger partial charge in [-0.2, -0.15) is 0 Å². The van der Waals surface area contributed by atoms with E-state index in [2.05, 4.69) is 0 Å². The Hall–Kier alpha value is -1.49. The monoisotopic (exact) mass is 184 g/mol. The molecule has 0 aliphatic carbocycles. The normalized spacial score (nSPS) is 10.0. The standard InChI is InChI=1S/C8H12N2O3/c1-10-5-4-6(8(10)12)2-3-7(11)9-13/h4-5,12-13H,2-3H2,1H3,(H,9,11). The molecule has 1 aromatic rings. The molecule has 72 valence electrons. The van der Waals surface area contributed by atoms with Gasteiger partial charge in [0.05, 0.1) is 0 Å². The molecule has 1 heterocycles. The van der Waals surface area contributed by atoms with Crippen LogP contribution in [0.5, 0.6) is 5.88 Å². The predicted molar refractivity (Wildman–Crippen MR) is 45.3 cm³/mol. The molecular weight excluding hydrogens is 172 g/mol. The van der Waals surface area contributed by atoms with Crippen molar-refractivity contribution in [2.75, 3.05) is 0 Å². The number of hydroxylamine groups is 1. The van der Waals surface area contributed by atoms with Crippen LogP contribution in [0.15, 0.2) is 12.3 Å². The van der Waals surface area contributed by atoms with Crippen LogP contribution in [0.4, 0.5) is 0 Å². The number of amides is 1. The molecule has 3 N–H and O–H groups in total. The Morgan fingerprint density at radius 1 is 1.69 bits per heavy atom. The van der Waals surface area contributed by atoms with Crippen molar-refractivity contribution < 1.29 is 15.1 Å². The fourth-order valence-corrected chi connectivity index (χ4v) is 1.07. The molecule has 0 aromatic carbocycles. The first-order valence-corrected chi connectivity index (χ1v) is 3.91. The van der Waals surface area contributed by atoms with Crippen molar-refractivity contribution in [2.24, 2.45) is 7.05 Å². The smallest absolute Gasteiger partial charge is 0.243 e. The van der Waals surface area contributed by atoms with Gasteiger partial charge >= 0.3 is 0 Å². The zero-order chi connectivity index (χ0) is 9.84. The number of aromatic nitrogens is 1. The summed E-state index contributed by atoms with van der Waals surface area (Å²) in [5, 5.41) is 17.6. The van der Waals surface area contributed by atoms with E-state index in [0.717, 1.165) is 0 Å². The third-order valence-corrected chi connectivity index (χ3v) is 1.87. The average molecular weight is 184 g/mol. The topological polar surface area (TPSA) is 74.5 Å². The molecule has 5 nitrogen and oxygen atoms in total. The molecule has 0 saturated heterocycles. The Balaban J connectivity index is 2.55. The van der Waals surface area contributed by atoms with E-state index in [0.29, 0.717) is 12.0 Å². The second-order valence-electron chi connectivity index (χ2n) is 2.81. The Morgan fingerprint density at radius 2 is 2.38 bits per heavy atom. The number of hydrogen-bond donors (Lipinski definition) is 3. The van der Waals surface area contributed by atoms with Gasteiger partial charge in [-0.3, -0.25) is 10.0 Å². The van der Waals surface area contributed by atoms with Gasteiger partial charge in [0.2, 0.25) is 5.91 Å². The third-order valence-electron chi connectivity index (χ3n) is 1.87. The SMILES string of the molecule is Cn1ccc(CCC(=O)NO)c1O. The van der Waals surface area contributed by atoms with Crippen LogP contribution in [0.25, 0.3) is 0 Å². The number of nitrogens with one attached hydrogen (secondary N) is 1. The molecule has 0 aliphatic heterocycles. The van der Waals surface area contributed by atoms with Crippen molar-refractivity contribution in [3.63, 3.8) is 0 Å². The van der Waals surface area contributed by atoms with Crippen molar-refractivity contribution >= 4 is 5.91 Å². The maximum absolute atomic E-state index is 10.7. The van der Waals surface area contributed by atoms with E-state index in [1.54, 1.807) is 23.9 Å². The zero-order valence-corrected chi connectivity index (χ0v) is 7.32. The fourth-order valence-electron chi connectivity index (χ4n) is 1.07. The van der Waals surface area contributed by atoms with Crippen LogP contribution in [-0.4, -0.2) is 20.8 Å². The lowest BCUT2D eigenvalue weighted by Crippen LogP contribution is -2.18. The Kier molecular flexibility index (Phi) is 2.92. The number of aryl methyl sites for hydroxylation is 2. The molecule has 0 atom stereocenters. The van der Waals surface area contributed by atoms with E-state index in [1.165, 1.54) is 5.48 Å². The van der Waals surface area contributed by atoms with Crippen LogP contribution >= 0.6 is 0 Å². The van der Waals surface area contributed by atoms with Crippen LogP contribution in [0.3, 0.4) is 0 Å². The largest absolute Gasteiger partial charge is 0.494 e. The molecule has 13 heavy (non-hydrogen) atoms. The van der Waals surface area contributed by atoms with Gasteiger partial charge < -0.3 is 9.67 Å². The van der Waals surface area contributed by atoms with E-state index in [4.69, 9.17) is 5.21 Å². The maximum atomic E-state index is 10.7. The van der Waals surface area contributed by atoms with Crippen LogP contribution < -0.4 is 5.48 Å². The van der Waals surface area contributed by atoms with Gasteiger partial charge in [-0.25, -0.2) is 5.48 Å². The van der Waals surface area contributed by atoms with Crippen LogP contribution in [0.2, 0.25) is 0 Å². The maximum Gasteiger partial charge on any atom is 0.243 e. The van der Waals surface area contributed by atoms with E-state index >= 15 is 0 Å². The van der Waals surface area contributed by atoms with E-state index in [-0.39, 0.29) is 12.3 Å². The van der Waals surface area contributed by atoms with E-state index < -0.39 is 5.91 Å². The van der Waals surface area contributed by atoms with Gasteiger partial charge in [0.1, 0.15) is 0 Å². The summed E-state index contributed by atoms with van der Waals surface area (Å²) in [6, 6.07) is 1.74. The van der Waals surface area contributed by atoms with Gasteiger partial charge in [-0.15, -0.1) is 0 Å². The highest BCUT2D eigenvalue weighted by molar-refractivity contribution is 5.74. The number of carbonyl (C=O) groups is 1. The number of hydrogen-bond acceptors (Lipinski definition) is 3. The minimum absolute atomic E-state index is 0.158. The minimum atomic E-state index is -0.455. The fraction of sp³-hybridized carbons (Fsp3) is 0.375. The van der Waals surface area contributed by atoms with Crippen molar-refractivity contribution in [1.29, 1.82) is 0 Å². The Labute approximate surface area is 75.6 Å². The Morgan fingerprint density at radius 3 is 2.85 bits per heavy atom. The second-order valence-corrected chi connectivity index (χ2v) is 2.81. The molecular formula is C8H12N2O3. The van der Waals surface area contributed by atoms with Crippen LogP contribution in [0, 0.1) is 0 Å². The summed E-state index contributed by atoms with van der Waals surface area (Å²) in [6.07, 6.45) is 2.29. The molecule has 5 heteroatoms. The Bertz CT molecular complexity index is 306. The van der Waals surface area contributed by atoms with Crippen molar-refractivity contribution in [2.45, 2.75) is 12.8 Å². The van der Waals surface area contributed by atoms with E-state index in [1.807, 2.05) is 0 Å². The van der Waals surface area contributed by atoms with Gasteiger partial charge in [0.15, 0.2) is 5.88 Å². The molecule has 0 bridgehead atoms. The molecule has 0 unspecified atom stereocenters. The number of aromatic hydroxyl groups is 1. The van der Waals surface area contributed by atoms with Crippen LogP contribution in [0.1, 0.15) is 12.0 Å². The summed E-state index contributed by atoms with van der Waals surface area (Å²) >= 11 is 0. The molecule has 0 saturated carbocycles. The summed E-state index contributed by atoms with van der Waals surface area (Å²) in [7, 11) is 1.71. The molecule has 0 spiro atoms.